The molecule has 7 nitrogen and oxygen atoms in total. The van der Waals surface area contributed by atoms with E-state index in [1.54, 1.807) is 23.9 Å². The summed E-state index contributed by atoms with van der Waals surface area (Å²) >= 11 is 12.9. The lowest BCUT2D eigenvalue weighted by atomic mass is 9.83. The minimum absolute atomic E-state index is 0.196. The molecule has 1 aliphatic heterocycles. The number of benzene rings is 2. The Labute approximate surface area is 286 Å². The molecule has 0 spiro atoms. The second-order valence-electron chi connectivity index (χ2n) is 12.4. The van der Waals surface area contributed by atoms with Crippen molar-refractivity contribution in [3.05, 3.63) is 106 Å². The van der Waals surface area contributed by atoms with Gasteiger partial charge in [-0.3, -0.25) is 4.98 Å². The predicted octanol–water partition coefficient (Wildman–Crippen LogP) is 9.27. The summed E-state index contributed by atoms with van der Waals surface area (Å²) in [6.07, 6.45) is 17.6. The molecule has 0 atom stereocenters. The van der Waals surface area contributed by atoms with Crippen molar-refractivity contribution < 1.29 is 4.74 Å². The van der Waals surface area contributed by atoms with Gasteiger partial charge in [0.15, 0.2) is 5.65 Å². The first-order valence-electron chi connectivity index (χ1n) is 16.3. The number of hydrogen-bond acceptors (Lipinski definition) is 6. The van der Waals surface area contributed by atoms with Gasteiger partial charge in [0.25, 0.3) is 0 Å². The normalized spacial score (nSPS) is 15.4. The third-order valence-corrected chi connectivity index (χ3v) is 9.43. The number of rotatable bonds is 12. The van der Waals surface area contributed by atoms with Gasteiger partial charge in [0, 0.05) is 45.3 Å². The molecule has 1 aliphatic rings. The number of hydrogen-bond donors (Lipinski definition) is 0. The van der Waals surface area contributed by atoms with Crippen LogP contribution in [0.4, 0.5) is 5.69 Å². The Morgan fingerprint density at radius 3 is 2.47 bits per heavy atom. The van der Waals surface area contributed by atoms with E-state index in [2.05, 4.69) is 71.2 Å². The van der Waals surface area contributed by atoms with Crippen LogP contribution in [0, 0.1) is 0 Å². The highest BCUT2D eigenvalue weighted by Gasteiger charge is 2.39. The summed E-state index contributed by atoms with van der Waals surface area (Å²) < 4.78 is 7.34. The number of methoxy groups -OCH3 is 1. The summed E-state index contributed by atoms with van der Waals surface area (Å²) in [5, 5.41) is 15.8. The average Bonchev–Trinajstić information content (AvgIpc) is 3.70. The van der Waals surface area contributed by atoms with Gasteiger partial charge in [0.1, 0.15) is 17.1 Å². The van der Waals surface area contributed by atoms with E-state index in [1.807, 2.05) is 42.5 Å². The van der Waals surface area contributed by atoms with Crippen molar-refractivity contribution in [1.29, 1.82) is 0 Å². The van der Waals surface area contributed by atoms with Crippen molar-refractivity contribution in [1.82, 2.24) is 24.8 Å². The van der Waals surface area contributed by atoms with Crippen LogP contribution in [-0.4, -0.2) is 38.4 Å². The fraction of sp³-hybridized carbons (Fsp3) is 0.316. The molecule has 5 aromatic rings. The molecule has 242 valence electrons. The van der Waals surface area contributed by atoms with Crippen LogP contribution in [0.3, 0.4) is 0 Å². The molecule has 0 fully saturated rings. The summed E-state index contributed by atoms with van der Waals surface area (Å²) in [6.45, 7) is 7.81. The Kier molecular flexibility index (Phi) is 9.95. The molecule has 6 rings (SSSR count). The minimum Gasteiger partial charge on any atom is -0.497 e. The lowest BCUT2D eigenvalue weighted by Crippen LogP contribution is -2.27. The van der Waals surface area contributed by atoms with Crippen LogP contribution in [0.25, 0.3) is 34.5 Å². The van der Waals surface area contributed by atoms with Crippen molar-refractivity contribution in [3.8, 4) is 28.5 Å². The molecule has 0 aliphatic carbocycles. The van der Waals surface area contributed by atoms with Crippen LogP contribution in [-0.2, 0) is 5.41 Å². The van der Waals surface area contributed by atoms with Crippen molar-refractivity contribution in [2.24, 2.45) is 0 Å². The Morgan fingerprint density at radius 1 is 0.894 bits per heavy atom. The summed E-state index contributed by atoms with van der Waals surface area (Å²) in [7, 11) is 1.72. The fourth-order valence-corrected chi connectivity index (χ4v) is 6.86. The van der Waals surface area contributed by atoms with Crippen LogP contribution in [0.5, 0.6) is 5.75 Å². The van der Waals surface area contributed by atoms with Crippen LogP contribution >= 0.6 is 23.2 Å². The lowest BCUT2D eigenvalue weighted by Gasteiger charge is -2.27. The lowest BCUT2D eigenvalue weighted by molar-refractivity contribution is 0.413. The molecule has 0 saturated heterocycles. The Morgan fingerprint density at radius 2 is 1.70 bits per heavy atom. The van der Waals surface area contributed by atoms with Gasteiger partial charge in [0.2, 0.25) is 5.82 Å². The molecule has 3 aromatic heterocycles. The van der Waals surface area contributed by atoms with Gasteiger partial charge in [-0.05, 0) is 72.7 Å². The standard InChI is InChI=1S/C38H40Cl2N6O/c1-5-6-7-8-9-14-23-45-33-21-19-27(47-4)25-30(33)38(2,3)34(45)17-11-10-15-29-35(28-20-18-26(39)24-31(28)40)44-46-36(29)42-43-37(46)32-16-12-13-22-41-32/h10-13,15-22,24-25H,5-9,14,23H2,1-4H3/b11-10+,29-15-,34-17+. The SMILES string of the molecule is CCCCCCCCN1/C(=C/C=C/C=c2/c(-c3ccc(Cl)cc3Cl)nn3c(-c4ccccn4)nnc23)C(C)(C)c2cc(OC)ccc21. The maximum atomic E-state index is 6.69. The second-order valence-corrected chi connectivity index (χ2v) is 13.2. The zero-order valence-electron chi connectivity index (χ0n) is 27.4. The van der Waals surface area contributed by atoms with Gasteiger partial charge in [-0.25, -0.2) is 0 Å². The molecule has 0 amide bonds. The molecule has 0 saturated carbocycles. The van der Waals surface area contributed by atoms with Gasteiger partial charge in [-0.2, -0.15) is 9.61 Å². The van der Waals surface area contributed by atoms with Gasteiger partial charge in [-0.1, -0.05) is 94.3 Å². The molecule has 47 heavy (non-hydrogen) atoms. The topological polar surface area (TPSA) is 68.4 Å². The first kappa shape index (κ1) is 32.7. The summed E-state index contributed by atoms with van der Waals surface area (Å²) in [4.78, 5) is 6.95. The van der Waals surface area contributed by atoms with E-state index in [1.165, 1.54) is 49.1 Å². The van der Waals surface area contributed by atoms with Crippen LogP contribution in [0.2, 0.25) is 10.0 Å². The predicted molar refractivity (Wildman–Crippen MR) is 193 cm³/mol. The molecule has 0 N–H and O–H groups in total. The number of ether oxygens (including phenoxy) is 1. The van der Waals surface area contributed by atoms with E-state index in [9.17, 15) is 0 Å². The molecular formula is C38H40Cl2N6O. The first-order chi connectivity index (χ1) is 22.8. The van der Waals surface area contributed by atoms with Crippen molar-refractivity contribution in [3.63, 3.8) is 0 Å². The van der Waals surface area contributed by atoms with E-state index < -0.39 is 0 Å². The smallest absolute Gasteiger partial charge is 0.203 e. The van der Waals surface area contributed by atoms with Crippen molar-refractivity contribution in [2.45, 2.75) is 64.7 Å². The largest absolute Gasteiger partial charge is 0.497 e. The van der Waals surface area contributed by atoms with Crippen LogP contribution < -0.4 is 14.9 Å². The second kappa shape index (κ2) is 14.3. The van der Waals surface area contributed by atoms with Crippen LogP contribution in [0.1, 0.15) is 64.9 Å². The van der Waals surface area contributed by atoms with E-state index >= 15 is 0 Å². The number of halogens is 2. The molecule has 2 aromatic carbocycles. The third-order valence-electron chi connectivity index (χ3n) is 8.88. The zero-order chi connectivity index (χ0) is 33.0. The zero-order valence-corrected chi connectivity index (χ0v) is 28.9. The number of allylic oxidation sites excluding steroid dienone is 4. The summed E-state index contributed by atoms with van der Waals surface area (Å²) in [6, 6.07) is 17.5. The molecule has 4 heterocycles. The molecule has 0 unspecified atom stereocenters. The number of aromatic nitrogens is 5. The maximum absolute atomic E-state index is 6.69. The molecular weight excluding hydrogens is 627 g/mol. The highest BCUT2D eigenvalue weighted by Crippen LogP contribution is 2.49. The van der Waals surface area contributed by atoms with Gasteiger partial charge in [-0.15, -0.1) is 10.2 Å². The first-order valence-corrected chi connectivity index (χ1v) is 17.1. The molecule has 9 heteroatoms. The monoisotopic (exact) mass is 666 g/mol. The fourth-order valence-electron chi connectivity index (χ4n) is 6.36. The number of anilines is 1. The van der Waals surface area contributed by atoms with E-state index in [0.717, 1.165) is 29.5 Å². The summed E-state index contributed by atoms with van der Waals surface area (Å²) in [5.41, 5.74) is 6.34. The molecule has 0 bridgehead atoms. The number of fused-ring (bicyclic) bond motifs is 2. The summed E-state index contributed by atoms with van der Waals surface area (Å²) in [5.74, 6) is 1.44. The minimum atomic E-state index is -0.196. The Hall–Kier alpha value is -4.20. The third kappa shape index (κ3) is 6.65. The average molecular weight is 668 g/mol. The maximum Gasteiger partial charge on any atom is 0.203 e. The van der Waals surface area contributed by atoms with E-state index in [4.69, 9.17) is 33.0 Å². The number of nitrogens with zero attached hydrogens (tertiary/aromatic N) is 6. The Bertz CT molecular complexity index is 1980. The van der Waals surface area contributed by atoms with Crippen LogP contribution in [0.15, 0.2) is 84.7 Å². The van der Waals surface area contributed by atoms with E-state index in [0.29, 0.717) is 32.9 Å². The van der Waals surface area contributed by atoms with Crippen molar-refractivity contribution >= 4 is 40.6 Å². The van der Waals surface area contributed by atoms with Gasteiger partial charge in [0.05, 0.1) is 12.1 Å². The highest BCUT2D eigenvalue weighted by atomic mass is 35.5. The Balaban J connectivity index is 1.39. The quantitative estimate of drug-likeness (QED) is 0.124. The van der Waals surface area contributed by atoms with Crippen molar-refractivity contribution in [2.75, 3.05) is 18.6 Å². The highest BCUT2D eigenvalue weighted by molar-refractivity contribution is 6.36. The van der Waals surface area contributed by atoms with Gasteiger partial charge < -0.3 is 9.64 Å². The number of unbranched alkanes of at least 4 members (excludes halogenated alkanes) is 5. The van der Waals surface area contributed by atoms with Gasteiger partial charge >= 0.3 is 0 Å². The number of pyridine rings is 1. The molecule has 0 radical (unpaired) electrons. The van der Waals surface area contributed by atoms with E-state index in [-0.39, 0.29) is 5.41 Å².